The Kier molecular flexibility index (Phi) is 4.72. The molecule has 0 aromatic carbocycles. The van der Waals surface area contributed by atoms with Crippen LogP contribution < -0.4 is 10.1 Å². The van der Waals surface area contributed by atoms with E-state index in [4.69, 9.17) is 4.74 Å². The highest BCUT2D eigenvalue weighted by atomic mass is 19.3. The third-order valence-electron chi connectivity index (χ3n) is 2.98. The van der Waals surface area contributed by atoms with E-state index < -0.39 is 25.0 Å². The second-order valence-corrected chi connectivity index (χ2v) is 4.92. The van der Waals surface area contributed by atoms with Crippen LogP contribution in [0.1, 0.15) is 13.3 Å². The van der Waals surface area contributed by atoms with Gasteiger partial charge in [-0.3, -0.25) is 0 Å². The average Bonchev–Trinajstić information content (AvgIpc) is 2.76. The third kappa shape index (κ3) is 3.99. The Labute approximate surface area is 123 Å². The Morgan fingerprint density at radius 2 is 2.23 bits per heavy atom. The lowest BCUT2D eigenvalue weighted by atomic mass is 10.2. The van der Waals surface area contributed by atoms with Gasteiger partial charge in [-0.25, -0.2) is 18.6 Å². The van der Waals surface area contributed by atoms with E-state index in [1.54, 1.807) is 6.92 Å². The Bertz CT molecular complexity index is 525. The summed E-state index contributed by atoms with van der Waals surface area (Å²) in [7, 11) is 0. The van der Waals surface area contributed by atoms with Gasteiger partial charge in [-0.2, -0.15) is 8.78 Å². The molecule has 0 radical (unpaired) electrons. The van der Waals surface area contributed by atoms with Gasteiger partial charge >= 0.3 is 18.3 Å². The smallest absolute Gasteiger partial charge is 0.340 e. The van der Waals surface area contributed by atoms with E-state index in [0.29, 0.717) is 12.1 Å². The maximum Gasteiger partial charge on any atom is 0.340 e. The minimum atomic E-state index is -4.23. The molecular formula is C13H14F4N2O3. The second-order valence-electron chi connectivity index (χ2n) is 4.92. The molecule has 0 unspecified atom stereocenters. The predicted molar refractivity (Wildman–Crippen MR) is 68.3 cm³/mol. The molecule has 0 aliphatic carbocycles. The molecule has 0 spiro atoms. The van der Waals surface area contributed by atoms with Gasteiger partial charge in [0.2, 0.25) is 5.88 Å². The van der Waals surface area contributed by atoms with Crippen molar-refractivity contribution in [3.05, 3.63) is 18.3 Å². The highest BCUT2D eigenvalue weighted by molar-refractivity contribution is 5.81. The molecule has 1 aromatic rings. The number of carbonyl (C=O) groups excluding carboxylic acids is 1. The largest absolute Gasteiger partial charge is 0.471 e. The number of aromatic nitrogens is 1. The quantitative estimate of drug-likeness (QED) is 0.644. The Morgan fingerprint density at radius 1 is 1.50 bits per heavy atom. The predicted octanol–water partition coefficient (Wildman–Crippen LogP) is 2.48. The lowest BCUT2D eigenvalue weighted by Gasteiger charge is -2.15. The summed E-state index contributed by atoms with van der Waals surface area (Å²) in [5.74, 6) is -4.83. The van der Waals surface area contributed by atoms with Crippen molar-refractivity contribution < 1.29 is 31.8 Å². The number of alkyl halides is 4. The van der Waals surface area contributed by atoms with Crippen molar-refractivity contribution in [3.8, 4) is 5.88 Å². The number of hydrogen-bond acceptors (Lipinski definition) is 5. The summed E-state index contributed by atoms with van der Waals surface area (Å²) in [5.41, 5.74) is 0.462. The zero-order chi connectivity index (χ0) is 16.3. The summed E-state index contributed by atoms with van der Waals surface area (Å²) in [5, 5.41) is 2.88. The lowest BCUT2D eigenvalue weighted by Crippen LogP contribution is -2.33. The maximum atomic E-state index is 12.7. The van der Waals surface area contributed by atoms with Crippen molar-refractivity contribution in [1.82, 2.24) is 4.98 Å². The Balaban J connectivity index is 1.89. The summed E-state index contributed by atoms with van der Waals surface area (Å²) in [6.07, 6.45) is -2.23. The molecule has 2 rings (SSSR count). The van der Waals surface area contributed by atoms with Crippen LogP contribution in [0, 0.1) is 0 Å². The number of nitrogens with one attached hydrogen (secondary N) is 1. The van der Waals surface area contributed by atoms with E-state index in [1.165, 1.54) is 18.3 Å². The van der Waals surface area contributed by atoms with Crippen LogP contribution in [0.3, 0.4) is 0 Å². The van der Waals surface area contributed by atoms with Gasteiger partial charge in [0.15, 0.2) is 6.61 Å². The summed E-state index contributed by atoms with van der Waals surface area (Å²) in [6, 6.07) is 2.18. The molecule has 1 saturated heterocycles. The highest BCUT2D eigenvalue weighted by Gasteiger charge is 2.41. The number of rotatable bonds is 6. The molecular weight excluding hydrogens is 308 g/mol. The third-order valence-corrected chi connectivity index (χ3v) is 2.98. The fraction of sp³-hybridized carbons (Fsp3) is 0.538. The molecule has 122 valence electrons. The van der Waals surface area contributed by atoms with Crippen LogP contribution in [0.4, 0.5) is 23.2 Å². The van der Waals surface area contributed by atoms with Crippen molar-refractivity contribution >= 4 is 11.7 Å². The SMILES string of the molecule is C[C@@H]1C[C@H](Nc2ccc(OCC(F)(F)C(F)F)nc2)C(=O)O1. The number of nitrogens with zero attached hydrogens (tertiary/aromatic N) is 1. The molecule has 22 heavy (non-hydrogen) atoms. The zero-order valence-electron chi connectivity index (χ0n) is 11.6. The second kappa shape index (κ2) is 6.37. The van der Waals surface area contributed by atoms with Crippen LogP contribution in [-0.4, -0.2) is 42.1 Å². The number of carbonyl (C=O) groups is 1. The topological polar surface area (TPSA) is 60.5 Å². The summed E-state index contributed by atoms with van der Waals surface area (Å²) in [6.45, 7) is 0.300. The molecule has 9 heteroatoms. The molecule has 5 nitrogen and oxygen atoms in total. The number of cyclic esters (lactones) is 1. The van der Waals surface area contributed by atoms with Crippen molar-refractivity contribution in [1.29, 1.82) is 0 Å². The van der Waals surface area contributed by atoms with Crippen LogP contribution in [0.25, 0.3) is 0 Å². The van der Waals surface area contributed by atoms with Crippen LogP contribution in [0.2, 0.25) is 0 Å². The molecule has 1 N–H and O–H groups in total. The molecule has 1 aliphatic heterocycles. The van der Waals surface area contributed by atoms with E-state index >= 15 is 0 Å². The Hall–Kier alpha value is -2.06. The lowest BCUT2D eigenvalue weighted by molar-refractivity contribution is -0.148. The van der Waals surface area contributed by atoms with Gasteiger partial charge in [-0.1, -0.05) is 0 Å². The molecule has 0 saturated carbocycles. The van der Waals surface area contributed by atoms with E-state index in [0.717, 1.165) is 0 Å². The number of halogens is 4. The first-order valence-corrected chi connectivity index (χ1v) is 6.50. The van der Waals surface area contributed by atoms with Gasteiger partial charge in [0, 0.05) is 12.5 Å². The number of hydrogen-bond donors (Lipinski definition) is 1. The van der Waals surface area contributed by atoms with Gasteiger partial charge < -0.3 is 14.8 Å². The molecule has 0 bridgehead atoms. The maximum absolute atomic E-state index is 12.7. The minimum Gasteiger partial charge on any atom is -0.471 e. The van der Waals surface area contributed by atoms with Gasteiger partial charge in [0.05, 0.1) is 11.9 Å². The van der Waals surface area contributed by atoms with E-state index in [-0.39, 0.29) is 18.0 Å². The highest BCUT2D eigenvalue weighted by Crippen LogP contribution is 2.24. The summed E-state index contributed by atoms with van der Waals surface area (Å²) < 4.78 is 58.8. The van der Waals surface area contributed by atoms with Crippen molar-refractivity contribution in [2.45, 2.75) is 37.8 Å². The van der Waals surface area contributed by atoms with E-state index in [2.05, 4.69) is 15.0 Å². The van der Waals surface area contributed by atoms with Gasteiger partial charge in [0.25, 0.3) is 0 Å². The standard InChI is InChI=1S/C13H14F4N2O3/c1-7-4-9(11(20)22-7)19-8-2-3-10(18-5-8)21-6-13(16,17)12(14)15/h2-3,5,7,9,12,19H,4,6H2,1H3/t7-,9+/m1/s1. The molecule has 1 aromatic heterocycles. The normalized spacial score (nSPS) is 21.8. The average molecular weight is 322 g/mol. The Morgan fingerprint density at radius 3 is 2.73 bits per heavy atom. The summed E-state index contributed by atoms with van der Waals surface area (Å²) >= 11 is 0. The number of ether oxygens (including phenoxy) is 2. The fourth-order valence-electron chi connectivity index (χ4n) is 1.86. The van der Waals surface area contributed by atoms with Crippen LogP contribution in [-0.2, 0) is 9.53 Å². The van der Waals surface area contributed by atoms with Crippen LogP contribution >= 0.6 is 0 Å². The van der Waals surface area contributed by atoms with Crippen molar-refractivity contribution in [3.63, 3.8) is 0 Å². The molecule has 1 aliphatic rings. The molecule has 1 fully saturated rings. The van der Waals surface area contributed by atoms with Gasteiger partial charge in [0.1, 0.15) is 12.1 Å². The molecule has 0 amide bonds. The first-order valence-electron chi connectivity index (χ1n) is 6.50. The van der Waals surface area contributed by atoms with E-state index in [1.807, 2.05) is 0 Å². The first kappa shape index (κ1) is 16.3. The first-order chi connectivity index (χ1) is 10.3. The number of esters is 1. The number of pyridine rings is 1. The monoisotopic (exact) mass is 322 g/mol. The van der Waals surface area contributed by atoms with Gasteiger partial charge in [-0.15, -0.1) is 0 Å². The van der Waals surface area contributed by atoms with E-state index in [9.17, 15) is 22.4 Å². The zero-order valence-corrected chi connectivity index (χ0v) is 11.6. The van der Waals surface area contributed by atoms with Crippen LogP contribution in [0.15, 0.2) is 18.3 Å². The minimum absolute atomic E-state index is 0.183. The number of anilines is 1. The van der Waals surface area contributed by atoms with Gasteiger partial charge in [-0.05, 0) is 13.0 Å². The molecule has 2 atom stereocenters. The van der Waals surface area contributed by atoms with Crippen molar-refractivity contribution in [2.75, 3.05) is 11.9 Å². The fourth-order valence-corrected chi connectivity index (χ4v) is 1.86. The van der Waals surface area contributed by atoms with Crippen molar-refractivity contribution in [2.24, 2.45) is 0 Å². The molecule has 2 heterocycles. The van der Waals surface area contributed by atoms with Crippen LogP contribution in [0.5, 0.6) is 5.88 Å². The summed E-state index contributed by atoms with van der Waals surface area (Å²) in [4.78, 5) is 15.2.